The summed E-state index contributed by atoms with van der Waals surface area (Å²) in [5.41, 5.74) is 0.314. The van der Waals surface area contributed by atoms with Crippen LogP contribution < -0.4 is 4.74 Å². The molecular weight excluding hydrogens is 223 g/mol. The van der Waals surface area contributed by atoms with Gasteiger partial charge in [-0.3, -0.25) is 4.98 Å². The lowest BCUT2D eigenvalue weighted by Gasteiger charge is -2.09. The molecule has 0 saturated heterocycles. The van der Waals surface area contributed by atoms with E-state index in [0.29, 0.717) is 10.9 Å². The molecular formula is C9H6F3N3O. The van der Waals surface area contributed by atoms with Crippen LogP contribution in [0.25, 0.3) is 10.9 Å². The van der Waals surface area contributed by atoms with Crippen LogP contribution in [0.4, 0.5) is 13.2 Å². The number of rotatable bonds is 2. The molecule has 0 bridgehead atoms. The molecule has 2 aromatic rings. The van der Waals surface area contributed by atoms with Gasteiger partial charge in [-0.2, -0.15) is 13.2 Å². The number of halogens is 3. The molecule has 7 heteroatoms. The van der Waals surface area contributed by atoms with Crippen LogP contribution >= 0.6 is 0 Å². The fourth-order valence-corrected chi connectivity index (χ4v) is 1.15. The number of ether oxygens (including phenoxy) is 1. The number of fused-ring (bicyclic) bond motifs is 1. The summed E-state index contributed by atoms with van der Waals surface area (Å²) in [4.78, 5) is 11.3. The molecule has 16 heavy (non-hydrogen) atoms. The van der Waals surface area contributed by atoms with Gasteiger partial charge in [-0.15, -0.1) is 0 Å². The van der Waals surface area contributed by atoms with Crippen LogP contribution in [-0.4, -0.2) is 27.7 Å². The molecule has 0 spiro atoms. The zero-order valence-corrected chi connectivity index (χ0v) is 7.90. The predicted molar refractivity (Wildman–Crippen MR) is 48.9 cm³/mol. The first-order valence-electron chi connectivity index (χ1n) is 4.29. The number of aromatic nitrogens is 3. The summed E-state index contributed by atoms with van der Waals surface area (Å²) < 4.78 is 40.5. The Hall–Kier alpha value is -1.92. The number of hydrogen-bond donors (Lipinski definition) is 0. The summed E-state index contributed by atoms with van der Waals surface area (Å²) in [6.45, 7) is -1.36. The highest BCUT2D eigenvalue weighted by Crippen LogP contribution is 2.23. The normalized spacial score (nSPS) is 11.7. The highest BCUT2D eigenvalue weighted by atomic mass is 19.4. The van der Waals surface area contributed by atoms with Crippen molar-refractivity contribution in [3.05, 3.63) is 24.9 Å². The van der Waals surface area contributed by atoms with E-state index in [1.807, 2.05) is 0 Å². The lowest BCUT2D eigenvalue weighted by atomic mass is 10.3. The molecule has 0 aliphatic heterocycles. The quantitative estimate of drug-likeness (QED) is 0.789. The minimum Gasteiger partial charge on any atom is -0.480 e. The van der Waals surface area contributed by atoms with Crippen LogP contribution in [0.5, 0.6) is 5.75 Å². The maximum Gasteiger partial charge on any atom is 0.422 e. The zero-order chi connectivity index (χ0) is 11.6. The smallest absolute Gasteiger partial charge is 0.422 e. The van der Waals surface area contributed by atoms with Gasteiger partial charge in [-0.1, -0.05) is 0 Å². The number of pyridine rings is 1. The topological polar surface area (TPSA) is 47.9 Å². The summed E-state index contributed by atoms with van der Waals surface area (Å²) in [6.07, 6.45) is 0.963. The van der Waals surface area contributed by atoms with Gasteiger partial charge in [0, 0.05) is 17.8 Å². The lowest BCUT2D eigenvalue weighted by molar-refractivity contribution is -0.153. The van der Waals surface area contributed by atoms with Crippen LogP contribution in [0, 0.1) is 0 Å². The lowest BCUT2D eigenvalue weighted by Crippen LogP contribution is -2.19. The number of alkyl halides is 3. The van der Waals surface area contributed by atoms with Crippen molar-refractivity contribution in [1.29, 1.82) is 0 Å². The van der Waals surface area contributed by atoms with E-state index in [-0.39, 0.29) is 5.75 Å². The second-order valence-electron chi connectivity index (χ2n) is 3.00. The molecule has 0 amide bonds. The average molecular weight is 229 g/mol. The number of nitrogens with zero attached hydrogens (tertiary/aromatic N) is 3. The summed E-state index contributed by atoms with van der Waals surface area (Å²) >= 11 is 0. The summed E-state index contributed by atoms with van der Waals surface area (Å²) in [7, 11) is 0. The van der Waals surface area contributed by atoms with Crippen LogP contribution in [-0.2, 0) is 0 Å². The third-order valence-corrected chi connectivity index (χ3v) is 1.77. The van der Waals surface area contributed by atoms with Gasteiger partial charge >= 0.3 is 6.18 Å². The van der Waals surface area contributed by atoms with Crippen LogP contribution in [0.15, 0.2) is 24.9 Å². The van der Waals surface area contributed by atoms with Gasteiger partial charge < -0.3 is 4.74 Å². The van der Waals surface area contributed by atoms with Crippen LogP contribution in [0.3, 0.4) is 0 Å². The van der Waals surface area contributed by atoms with Crippen molar-refractivity contribution in [2.45, 2.75) is 6.18 Å². The van der Waals surface area contributed by atoms with Gasteiger partial charge in [0.05, 0.1) is 6.20 Å². The Morgan fingerprint density at radius 3 is 2.62 bits per heavy atom. The molecule has 4 nitrogen and oxygen atoms in total. The van der Waals surface area contributed by atoms with Crippen molar-refractivity contribution in [1.82, 2.24) is 15.0 Å². The first-order valence-corrected chi connectivity index (χ1v) is 4.29. The van der Waals surface area contributed by atoms with E-state index in [9.17, 15) is 13.2 Å². The molecule has 0 atom stereocenters. The molecule has 0 N–H and O–H groups in total. The molecule has 0 aromatic carbocycles. The van der Waals surface area contributed by atoms with Crippen molar-refractivity contribution in [3.63, 3.8) is 0 Å². The largest absolute Gasteiger partial charge is 0.480 e. The molecule has 2 aromatic heterocycles. The fourth-order valence-electron chi connectivity index (χ4n) is 1.15. The third kappa shape index (κ3) is 2.36. The van der Waals surface area contributed by atoms with Crippen LogP contribution in [0.1, 0.15) is 0 Å². The zero-order valence-electron chi connectivity index (χ0n) is 7.90. The minimum atomic E-state index is -4.38. The highest BCUT2D eigenvalue weighted by molar-refractivity contribution is 5.82. The van der Waals surface area contributed by atoms with Gasteiger partial charge in [0.1, 0.15) is 11.8 Å². The van der Waals surface area contributed by atoms with Gasteiger partial charge in [0.25, 0.3) is 0 Å². The number of hydrogen-bond acceptors (Lipinski definition) is 4. The van der Waals surface area contributed by atoms with E-state index >= 15 is 0 Å². The van der Waals surface area contributed by atoms with Crippen molar-refractivity contribution < 1.29 is 17.9 Å². The molecule has 0 radical (unpaired) electrons. The van der Waals surface area contributed by atoms with Gasteiger partial charge in [0.2, 0.25) is 0 Å². The Kier molecular flexibility index (Phi) is 2.59. The van der Waals surface area contributed by atoms with Crippen molar-refractivity contribution in [2.24, 2.45) is 0 Å². The molecule has 0 aliphatic carbocycles. The van der Waals surface area contributed by atoms with E-state index in [4.69, 9.17) is 0 Å². The summed E-state index contributed by atoms with van der Waals surface area (Å²) in [5.74, 6) is -0.00257. The molecule has 84 valence electrons. The Morgan fingerprint density at radius 2 is 1.88 bits per heavy atom. The molecule has 0 saturated carbocycles. The molecule has 2 heterocycles. The van der Waals surface area contributed by atoms with Crippen molar-refractivity contribution in [2.75, 3.05) is 6.61 Å². The Morgan fingerprint density at radius 1 is 1.12 bits per heavy atom. The minimum absolute atomic E-state index is 0.00257. The van der Waals surface area contributed by atoms with E-state index in [0.717, 1.165) is 0 Å². The monoisotopic (exact) mass is 229 g/mol. The predicted octanol–water partition coefficient (Wildman–Crippen LogP) is 1.97. The van der Waals surface area contributed by atoms with Crippen molar-refractivity contribution >= 4 is 10.9 Å². The summed E-state index contributed by atoms with van der Waals surface area (Å²) in [6, 6.07) is 0. The van der Waals surface area contributed by atoms with Gasteiger partial charge in [0.15, 0.2) is 12.4 Å². The average Bonchev–Trinajstić information content (AvgIpc) is 2.25. The first kappa shape index (κ1) is 10.6. The first-order chi connectivity index (χ1) is 7.56. The van der Waals surface area contributed by atoms with Gasteiger partial charge in [-0.05, 0) is 0 Å². The van der Waals surface area contributed by atoms with E-state index in [2.05, 4.69) is 19.7 Å². The summed E-state index contributed by atoms with van der Waals surface area (Å²) in [5, 5.41) is 0.530. The molecule has 0 fully saturated rings. The van der Waals surface area contributed by atoms with E-state index in [1.54, 1.807) is 0 Å². The molecule has 2 rings (SSSR count). The van der Waals surface area contributed by atoms with E-state index in [1.165, 1.54) is 24.9 Å². The van der Waals surface area contributed by atoms with Crippen LogP contribution in [0.2, 0.25) is 0 Å². The SMILES string of the molecule is FC(F)(F)COc1cncc2cncnc12. The molecule has 0 aliphatic rings. The highest BCUT2D eigenvalue weighted by Gasteiger charge is 2.28. The standard InChI is InChI=1S/C9H6F3N3O/c10-9(11,12)4-16-7-3-13-1-6-2-14-5-15-8(6)7/h1-3,5H,4H2. The maximum absolute atomic E-state index is 12.0. The second kappa shape index (κ2) is 3.92. The van der Waals surface area contributed by atoms with Crippen molar-refractivity contribution in [3.8, 4) is 5.75 Å². The Balaban J connectivity index is 2.30. The van der Waals surface area contributed by atoms with E-state index < -0.39 is 12.8 Å². The third-order valence-electron chi connectivity index (χ3n) is 1.77. The Bertz CT molecular complexity index is 495. The van der Waals surface area contributed by atoms with Gasteiger partial charge in [-0.25, -0.2) is 9.97 Å². The fraction of sp³-hybridized carbons (Fsp3) is 0.222. The maximum atomic E-state index is 12.0. The Labute approximate surface area is 88.1 Å². The molecule has 0 unspecified atom stereocenters. The second-order valence-corrected chi connectivity index (χ2v) is 3.00.